The summed E-state index contributed by atoms with van der Waals surface area (Å²) in [6.07, 6.45) is 11.1. The summed E-state index contributed by atoms with van der Waals surface area (Å²) in [6, 6.07) is 0.697. The van der Waals surface area contributed by atoms with Crippen molar-refractivity contribution >= 4 is 29.9 Å². The molecule has 0 atom stereocenters. The summed E-state index contributed by atoms with van der Waals surface area (Å²) in [7, 11) is 0. The average molecular weight is 365 g/mol. The Kier molecular flexibility index (Phi) is 8.02. The van der Waals surface area contributed by atoms with E-state index >= 15 is 0 Å². The van der Waals surface area contributed by atoms with Gasteiger partial charge in [-0.2, -0.15) is 0 Å². The van der Waals surface area contributed by atoms with E-state index in [-0.39, 0.29) is 24.0 Å². The predicted molar refractivity (Wildman–Crippen MR) is 88.7 cm³/mol. The van der Waals surface area contributed by atoms with Crippen molar-refractivity contribution in [2.75, 3.05) is 13.1 Å². The molecular formula is C14H28IN3. The summed E-state index contributed by atoms with van der Waals surface area (Å²) in [5.41, 5.74) is 0. The van der Waals surface area contributed by atoms with E-state index in [9.17, 15) is 0 Å². The molecule has 4 heteroatoms. The summed E-state index contributed by atoms with van der Waals surface area (Å²) < 4.78 is 0. The topological polar surface area (TPSA) is 36.4 Å². The molecule has 2 aliphatic rings. The number of aliphatic imine (C=N–C) groups is 1. The molecule has 0 bridgehead atoms. The third-order valence-corrected chi connectivity index (χ3v) is 3.79. The lowest BCUT2D eigenvalue weighted by Crippen LogP contribution is -2.38. The van der Waals surface area contributed by atoms with Crippen LogP contribution in [0.3, 0.4) is 0 Å². The number of rotatable bonds is 5. The number of hydrogen-bond donors (Lipinski definition) is 2. The van der Waals surface area contributed by atoms with E-state index in [1.807, 2.05) is 0 Å². The van der Waals surface area contributed by atoms with Gasteiger partial charge in [0.05, 0.1) is 0 Å². The molecule has 0 saturated heterocycles. The predicted octanol–water partition coefficient (Wildman–Crippen LogP) is 3.29. The van der Waals surface area contributed by atoms with Crippen molar-refractivity contribution in [1.82, 2.24) is 10.6 Å². The Hall–Kier alpha value is 0. The quantitative estimate of drug-likeness (QED) is 0.446. The molecule has 2 rings (SSSR count). The third-order valence-electron chi connectivity index (χ3n) is 3.79. The Morgan fingerprint density at radius 3 is 2.44 bits per heavy atom. The standard InChI is InChI=1S/C14H27N3.HI/c1-2-15-14(17-13-8-9-13)16-11-10-12-6-4-3-5-7-12;/h12-13H,2-11H2,1H3,(H2,15,16,17);1H. The van der Waals surface area contributed by atoms with E-state index in [1.165, 1.54) is 51.4 Å². The zero-order valence-corrected chi connectivity index (χ0v) is 13.9. The molecule has 2 fully saturated rings. The zero-order chi connectivity index (χ0) is 11.9. The molecule has 3 nitrogen and oxygen atoms in total. The van der Waals surface area contributed by atoms with Gasteiger partial charge in [0.1, 0.15) is 0 Å². The smallest absolute Gasteiger partial charge is 0.191 e. The Morgan fingerprint density at radius 1 is 1.11 bits per heavy atom. The second kappa shape index (κ2) is 8.99. The lowest BCUT2D eigenvalue weighted by molar-refractivity contribution is 0.343. The van der Waals surface area contributed by atoms with Gasteiger partial charge in [-0.05, 0) is 32.1 Å². The Morgan fingerprint density at radius 2 is 1.83 bits per heavy atom. The molecule has 2 aliphatic carbocycles. The fourth-order valence-corrected chi connectivity index (χ4v) is 2.58. The molecule has 0 radical (unpaired) electrons. The molecule has 0 aromatic carbocycles. The first-order valence-electron chi connectivity index (χ1n) is 7.43. The molecule has 106 valence electrons. The van der Waals surface area contributed by atoms with Crippen molar-refractivity contribution in [2.24, 2.45) is 10.9 Å². The first-order chi connectivity index (χ1) is 8.38. The molecule has 2 saturated carbocycles. The number of nitrogens with zero attached hydrogens (tertiary/aromatic N) is 1. The summed E-state index contributed by atoms with van der Waals surface area (Å²) in [6.45, 7) is 4.08. The molecular weight excluding hydrogens is 337 g/mol. The van der Waals surface area contributed by atoms with Crippen LogP contribution in [0.25, 0.3) is 0 Å². The van der Waals surface area contributed by atoms with E-state index in [1.54, 1.807) is 0 Å². The van der Waals surface area contributed by atoms with Crippen LogP contribution < -0.4 is 10.6 Å². The lowest BCUT2D eigenvalue weighted by atomic mass is 9.87. The maximum atomic E-state index is 4.68. The van der Waals surface area contributed by atoms with Gasteiger partial charge in [0, 0.05) is 19.1 Å². The van der Waals surface area contributed by atoms with Crippen LogP contribution in [-0.2, 0) is 0 Å². The molecule has 0 unspecified atom stereocenters. The Balaban J connectivity index is 0.00000162. The van der Waals surface area contributed by atoms with E-state index in [0.29, 0.717) is 6.04 Å². The Bertz CT molecular complexity index is 245. The first-order valence-corrected chi connectivity index (χ1v) is 7.43. The number of nitrogens with one attached hydrogen (secondary N) is 2. The van der Waals surface area contributed by atoms with Crippen LogP contribution in [0, 0.1) is 5.92 Å². The minimum atomic E-state index is 0. The van der Waals surface area contributed by atoms with E-state index in [2.05, 4.69) is 22.5 Å². The normalized spacial score (nSPS) is 21.3. The monoisotopic (exact) mass is 365 g/mol. The van der Waals surface area contributed by atoms with Gasteiger partial charge < -0.3 is 10.6 Å². The van der Waals surface area contributed by atoms with Gasteiger partial charge in [0.2, 0.25) is 0 Å². The highest BCUT2D eigenvalue weighted by Gasteiger charge is 2.22. The highest BCUT2D eigenvalue weighted by Crippen LogP contribution is 2.26. The zero-order valence-electron chi connectivity index (χ0n) is 11.6. The van der Waals surface area contributed by atoms with E-state index < -0.39 is 0 Å². The fraction of sp³-hybridized carbons (Fsp3) is 0.929. The second-order valence-electron chi connectivity index (χ2n) is 5.47. The van der Waals surface area contributed by atoms with Crippen molar-refractivity contribution in [3.63, 3.8) is 0 Å². The highest BCUT2D eigenvalue weighted by molar-refractivity contribution is 14.0. The summed E-state index contributed by atoms with van der Waals surface area (Å²) in [5.74, 6) is 1.97. The maximum Gasteiger partial charge on any atom is 0.191 e. The minimum absolute atomic E-state index is 0. The number of hydrogen-bond acceptors (Lipinski definition) is 1. The van der Waals surface area contributed by atoms with Crippen molar-refractivity contribution in [1.29, 1.82) is 0 Å². The van der Waals surface area contributed by atoms with Crippen LogP contribution >= 0.6 is 24.0 Å². The SMILES string of the molecule is CCNC(=NCCC1CCCCC1)NC1CC1.I. The highest BCUT2D eigenvalue weighted by atomic mass is 127. The molecule has 0 heterocycles. The molecule has 18 heavy (non-hydrogen) atoms. The van der Waals surface area contributed by atoms with Crippen molar-refractivity contribution in [2.45, 2.75) is 64.3 Å². The van der Waals surface area contributed by atoms with Gasteiger partial charge in [-0.15, -0.1) is 24.0 Å². The molecule has 0 spiro atoms. The maximum absolute atomic E-state index is 4.68. The molecule has 0 aliphatic heterocycles. The van der Waals surface area contributed by atoms with Crippen LogP contribution in [-0.4, -0.2) is 25.1 Å². The lowest BCUT2D eigenvalue weighted by Gasteiger charge is -2.20. The minimum Gasteiger partial charge on any atom is -0.357 e. The van der Waals surface area contributed by atoms with Crippen LogP contribution in [0.15, 0.2) is 4.99 Å². The van der Waals surface area contributed by atoms with Crippen LogP contribution in [0.5, 0.6) is 0 Å². The molecule has 0 aromatic rings. The molecule has 0 amide bonds. The summed E-state index contributed by atoms with van der Waals surface area (Å²) >= 11 is 0. The molecule has 0 aromatic heterocycles. The van der Waals surface area contributed by atoms with Gasteiger partial charge in [-0.3, -0.25) is 4.99 Å². The van der Waals surface area contributed by atoms with Crippen molar-refractivity contribution < 1.29 is 0 Å². The van der Waals surface area contributed by atoms with Crippen molar-refractivity contribution in [3.8, 4) is 0 Å². The number of halogens is 1. The largest absolute Gasteiger partial charge is 0.357 e. The van der Waals surface area contributed by atoms with Crippen LogP contribution in [0.1, 0.15) is 58.3 Å². The van der Waals surface area contributed by atoms with Gasteiger partial charge >= 0.3 is 0 Å². The van der Waals surface area contributed by atoms with Gasteiger partial charge in [-0.1, -0.05) is 32.1 Å². The van der Waals surface area contributed by atoms with E-state index in [0.717, 1.165) is 25.0 Å². The Labute approximate surface area is 129 Å². The summed E-state index contributed by atoms with van der Waals surface area (Å²) in [5, 5.41) is 6.80. The molecule has 2 N–H and O–H groups in total. The van der Waals surface area contributed by atoms with E-state index in [4.69, 9.17) is 0 Å². The fourth-order valence-electron chi connectivity index (χ4n) is 2.58. The first kappa shape index (κ1) is 16.1. The van der Waals surface area contributed by atoms with Crippen LogP contribution in [0.2, 0.25) is 0 Å². The third kappa shape index (κ3) is 6.25. The van der Waals surface area contributed by atoms with Crippen molar-refractivity contribution in [3.05, 3.63) is 0 Å². The van der Waals surface area contributed by atoms with Crippen LogP contribution in [0.4, 0.5) is 0 Å². The number of guanidine groups is 1. The van der Waals surface area contributed by atoms with Gasteiger partial charge in [-0.25, -0.2) is 0 Å². The summed E-state index contributed by atoms with van der Waals surface area (Å²) in [4.78, 5) is 4.68. The van der Waals surface area contributed by atoms with Gasteiger partial charge in [0.15, 0.2) is 5.96 Å². The van der Waals surface area contributed by atoms with Gasteiger partial charge in [0.25, 0.3) is 0 Å². The second-order valence-corrected chi connectivity index (χ2v) is 5.47. The average Bonchev–Trinajstić information content (AvgIpc) is 3.15.